The Morgan fingerprint density at radius 1 is 1.32 bits per heavy atom. The summed E-state index contributed by atoms with van der Waals surface area (Å²) >= 11 is 1.25. The van der Waals surface area contributed by atoms with Gasteiger partial charge in [-0.05, 0) is 18.6 Å². The monoisotopic (exact) mass is 355 g/mol. The van der Waals surface area contributed by atoms with Crippen LogP contribution in [0.1, 0.15) is 23.0 Å². The minimum Gasteiger partial charge on any atom is -0.320 e. The molecule has 0 spiro atoms. The Morgan fingerprint density at radius 2 is 2.08 bits per heavy atom. The second-order valence-electron chi connectivity index (χ2n) is 5.02. The summed E-state index contributed by atoms with van der Waals surface area (Å²) < 4.78 is 0. The van der Waals surface area contributed by atoms with Gasteiger partial charge in [0.2, 0.25) is 0 Å². The third-order valence-electron chi connectivity index (χ3n) is 3.41. The molecule has 2 heterocycles. The molecular weight excluding hydrogens is 342 g/mol. The number of hydrogen-bond donors (Lipinski definition) is 1. The summed E-state index contributed by atoms with van der Waals surface area (Å²) in [6, 6.07) is 6.32. The van der Waals surface area contributed by atoms with Crippen LogP contribution in [0.5, 0.6) is 0 Å². The SMILES string of the molecule is CCc1ccc(NC(=O)c2csc(-c3ncccn3)n2)cc1[N+](=O)[O-]. The van der Waals surface area contributed by atoms with Crippen LogP contribution in [0.3, 0.4) is 0 Å². The predicted octanol–water partition coefficient (Wildman–Crippen LogP) is 3.32. The Kier molecular flexibility index (Phi) is 4.75. The quantitative estimate of drug-likeness (QED) is 0.555. The van der Waals surface area contributed by atoms with E-state index in [1.807, 2.05) is 6.92 Å². The van der Waals surface area contributed by atoms with Crippen molar-refractivity contribution in [2.24, 2.45) is 0 Å². The molecule has 0 saturated carbocycles. The Bertz CT molecular complexity index is 927. The molecule has 126 valence electrons. The summed E-state index contributed by atoms with van der Waals surface area (Å²) in [5.41, 5.74) is 1.14. The molecule has 0 unspecified atom stereocenters. The van der Waals surface area contributed by atoms with Crippen molar-refractivity contribution >= 4 is 28.6 Å². The number of hydrogen-bond acceptors (Lipinski definition) is 7. The van der Waals surface area contributed by atoms with Crippen molar-refractivity contribution in [3.63, 3.8) is 0 Å². The van der Waals surface area contributed by atoms with Gasteiger partial charge in [-0.2, -0.15) is 0 Å². The summed E-state index contributed by atoms with van der Waals surface area (Å²) in [5, 5.41) is 15.9. The van der Waals surface area contributed by atoms with Gasteiger partial charge in [0, 0.05) is 35.1 Å². The van der Waals surface area contributed by atoms with Crippen LogP contribution >= 0.6 is 11.3 Å². The van der Waals surface area contributed by atoms with Gasteiger partial charge in [0.1, 0.15) is 5.69 Å². The molecule has 0 aliphatic heterocycles. The number of carbonyl (C=O) groups is 1. The smallest absolute Gasteiger partial charge is 0.275 e. The lowest BCUT2D eigenvalue weighted by molar-refractivity contribution is -0.385. The lowest BCUT2D eigenvalue weighted by atomic mass is 10.1. The highest BCUT2D eigenvalue weighted by atomic mass is 32.1. The fourth-order valence-electron chi connectivity index (χ4n) is 2.20. The van der Waals surface area contributed by atoms with Gasteiger partial charge in [0.05, 0.1) is 4.92 Å². The molecule has 0 bridgehead atoms. The lowest BCUT2D eigenvalue weighted by Gasteiger charge is -2.05. The van der Waals surface area contributed by atoms with Gasteiger partial charge in [-0.15, -0.1) is 11.3 Å². The molecule has 0 aliphatic rings. The maximum Gasteiger partial charge on any atom is 0.275 e. The van der Waals surface area contributed by atoms with E-state index >= 15 is 0 Å². The van der Waals surface area contributed by atoms with E-state index in [0.29, 0.717) is 28.5 Å². The number of nitrogens with one attached hydrogen (secondary N) is 1. The topological polar surface area (TPSA) is 111 Å². The van der Waals surface area contributed by atoms with Crippen LogP contribution in [0.2, 0.25) is 0 Å². The number of amides is 1. The van der Waals surface area contributed by atoms with Gasteiger partial charge >= 0.3 is 0 Å². The zero-order valence-electron chi connectivity index (χ0n) is 13.2. The zero-order chi connectivity index (χ0) is 17.8. The van der Waals surface area contributed by atoms with Crippen molar-refractivity contribution in [3.8, 4) is 10.8 Å². The molecule has 0 atom stereocenters. The molecule has 1 aromatic carbocycles. The maximum atomic E-state index is 12.3. The molecule has 0 fully saturated rings. The normalized spacial score (nSPS) is 10.4. The average Bonchev–Trinajstić information content (AvgIpc) is 3.12. The standard InChI is InChI=1S/C16H13N5O3S/c1-2-10-4-5-11(8-13(10)21(23)24)19-15(22)12-9-25-16(20-12)14-17-6-3-7-18-14/h3-9H,2H2,1H3,(H,19,22). The number of aromatic nitrogens is 3. The summed E-state index contributed by atoms with van der Waals surface area (Å²) in [5.74, 6) is -0.00790. The summed E-state index contributed by atoms with van der Waals surface area (Å²) in [6.07, 6.45) is 3.73. The number of rotatable bonds is 5. The molecular formula is C16H13N5O3S. The van der Waals surface area contributed by atoms with E-state index in [1.54, 1.807) is 36.0 Å². The highest BCUT2D eigenvalue weighted by Crippen LogP contribution is 2.25. The molecule has 0 aliphatic carbocycles. The predicted molar refractivity (Wildman–Crippen MR) is 93.6 cm³/mol. The average molecular weight is 355 g/mol. The van der Waals surface area contributed by atoms with E-state index in [1.165, 1.54) is 17.4 Å². The summed E-state index contributed by atoms with van der Waals surface area (Å²) in [4.78, 5) is 35.4. The van der Waals surface area contributed by atoms with Crippen LogP contribution in [0, 0.1) is 10.1 Å². The van der Waals surface area contributed by atoms with Crippen molar-refractivity contribution < 1.29 is 9.72 Å². The Labute approximate surface area is 146 Å². The molecule has 3 aromatic rings. The number of anilines is 1. The van der Waals surface area contributed by atoms with Gasteiger partial charge in [0.25, 0.3) is 11.6 Å². The molecule has 3 rings (SSSR count). The van der Waals surface area contributed by atoms with Crippen molar-refractivity contribution in [2.75, 3.05) is 5.32 Å². The second-order valence-corrected chi connectivity index (χ2v) is 5.88. The van der Waals surface area contributed by atoms with Crippen molar-refractivity contribution in [1.82, 2.24) is 15.0 Å². The molecule has 0 radical (unpaired) electrons. The number of thiazole rings is 1. The Balaban J connectivity index is 1.80. The fraction of sp³-hybridized carbons (Fsp3) is 0.125. The summed E-state index contributed by atoms with van der Waals surface area (Å²) in [7, 11) is 0. The zero-order valence-corrected chi connectivity index (χ0v) is 14.0. The number of benzene rings is 1. The van der Waals surface area contributed by atoms with Gasteiger partial charge in [0.15, 0.2) is 10.8 Å². The first-order valence-corrected chi connectivity index (χ1v) is 8.28. The molecule has 1 amide bonds. The molecule has 9 heteroatoms. The number of nitro groups is 1. The first-order valence-electron chi connectivity index (χ1n) is 7.40. The Morgan fingerprint density at radius 3 is 2.76 bits per heavy atom. The fourth-order valence-corrected chi connectivity index (χ4v) is 2.94. The van der Waals surface area contributed by atoms with E-state index in [9.17, 15) is 14.9 Å². The molecule has 8 nitrogen and oxygen atoms in total. The highest BCUT2D eigenvalue weighted by molar-refractivity contribution is 7.13. The van der Waals surface area contributed by atoms with Gasteiger partial charge in [-0.25, -0.2) is 15.0 Å². The maximum absolute atomic E-state index is 12.3. The lowest BCUT2D eigenvalue weighted by Crippen LogP contribution is -2.12. The van der Waals surface area contributed by atoms with Gasteiger partial charge in [-0.1, -0.05) is 13.0 Å². The van der Waals surface area contributed by atoms with E-state index in [0.717, 1.165) is 0 Å². The Hall–Kier alpha value is -3.20. The molecule has 0 saturated heterocycles. The second kappa shape index (κ2) is 7.14. The molecule has 1 N–H and O–H groups in total. The number of aryl methyl sites for hydroxylation is 1. The highest BCUT2D eigenvalue weighted by Gasteiger charge is 2.17. The first kappa shape index (κ1) is 16.7. The third-order valence-corrected chi connectivity index (χ3v) is 4.25. The van der Waals surface area contributed by atoms with Crippen molar-refractivity contribution in [2.45, 2.75) is 13.3 Å². The third kappa shape index (κ3) is 3.66. The largest absolute Gasteiger partial charge is 0.320 e. The minimum absolute atomic E-state index is 0.0167. The van der Waals surface area contributed by atoms with Crippen molar-refractivity contribution in [1.29, 1.82) is 0 Å². The van der Waals surface area contributed by atoms with Crippen LogP contribution in [0.15, 0.2) is 42.0 Å². The number of nitrogens with zero attached hydrogens (tertiary/aromatic N) is 4. The first-order chi connectivity index (χ1) is 12.1. The number of nitro benzene ring substituents is 1. The van der Waals surface area contributed by atoms with Crippen LogP contribution < -0.4 is 5.32 Å². The van der Waals surface area contributed by atoms with Gasteiger partial charge in [-0.3, -0.25) is 14.9 Å². The van der Waals surface area contributed by atoms with E-state index < -0.39 is 10.8 Å². The van der Waals surface area contributed by atoms with E-state index in [4.69, 9.17) is 0 Å². The number of carbonyl (C=O) groups excluding carboxylic acids is 1. The molecule has 2 aromatic heterocycles. The summed E-state index contributed by atoms with van der Waals surface area (Å²) in [6.45, 7) is 1.84. The minimum atomic E-state index is -0.456. The van der Waals surface area contributed by atoms with Crippen molar-refractivity contribution in [3.05, 3.63) is 63.4 Å². The van der Waals surface area contributed by atoms with Crippen LogP contribution in [0.4, 0.5) is 11.4 Å². The van der Waals surface area contributed by atoms with E-state index in [-0.39, 0.29) is 11.4 Å². The van der Waals surface area contributed by atoms with Crippen LogP contribution in [0.25, 0.3) is 10.8 Å². The van der Waals surface area contributed by atoms with Crippen LogP contribution in [-0.2, 0) is 6.42 Å². The van der Waals surface area contributed by atoms with Crippen LogP contribution in [-0.4, -0.2) is 25.8 Å². The van der Waals surface area contributed by atoms with E-state index in [2.05, 4.69) is 20.3 Å². The molecule has 25 heavy (non-hydrogen) atoms. The van der Waals surface area contributed by atoms with Gasteiger partial charge < -0.3 is 5.32 Å².